The Morgan fingerprint density at radius 2 is 1.44 bits per heavy atom. The van der Waals surface area contributed by atoms with Crippen LogP contribution in [0.4, 0.5) is 4.79 Å². The molecule has 1 saturated carbocycles. The number of rotatable bonds is 15. The van der Waals surface area contributed by atoms with Crippen LogP contribution < -0.4 is 10.6 Å². The molecule has 3 heterocycles. The normalized spacial score (nSPS) is 15.8. The Labute approximate surface area is 400 Å². The average Bonchev–Trinajstić information content (AvgIpc) is 3.75. The Bertz CT molecular complexity index is 2580. The number of benzene rings is 4. The van der Waals surface area contributed by atoms with E-state index in [1.165, 1.54) is 13.5 Å². The number of hydrogen-bond donors (Lipinski definition) is 4. The highest BCUT2D eigenvalue weighted by atomic mass is 16.5. The minimum absolute atomic E-state index is 0.0322. The van der Waals surface area contributed by atoms with Crippen molar-refractivity contribution in [1.29, 1.82) is 0 Å². The molecule has 1 aliphatic carbocycles. The van der Waals surface area contributed by atoms with E-state index < -0.39 is 12.1 Å². The van der Waals surface area contributed by atoms with Gasteiger partial charge >= 0.3 is 6.09 Å². The molecule has 6 aromatic rings. The van der Waals surface area contributed by atoms with Crippen LogP contribution in [-0.2, 0) is 30.4 Å². The molecular formula is C54H66N8O6. The fourth-order valence-corrected chi connectivity index (χ4v) is 8.32. The van der Waals surface area contributed by atoms with Crippen LogP contribution in [0.5, 0.6) is 0 Å². The van der Waals surface area contributed by atoms with Gasteiger partial charge in [0.15, 0.2) is 0 Å². The topological polar surface area (TPSA) is 175 Å². The van der Waals surface area contributed by atoms with Gasteiger partial charge in [0.25, 0.3) is 5.91 Å². The molecule has 0 radical (unpaired) electrons. The van der Waals surface area contributed by atoms with E-state index >= 15 is 0 Å². The van der Waals surface area contributed by atoms with Crippen molar-refractivity contribution in [2.24, 2.45) is 11.3 Å². The van der Waals surface area contributed by atoms with E-state index in [0.717, 1.165) is 75.9 Å². The third-order valence-corrected chi connectivity index (χ3v) is 12.0. The van der Waals surface area contributed by atoms with Gasteiger partial charge in [0.05, 0.1) is 50.0 Å². The molecule has 1 unspecified atom stereocenters. The molecule has 1 aliphatic heterocycles. The number of ether oxygens (including phenoxy) is 2. The van der Waals surface area contributed by atoms with Crippen LogP contribution in [0.15, 0.2) is 103 Å². The smallest absolute Gasteiger partial charge is 0.407 e. The van der Waals surface area contributed by atoms with Crippen LogP contribution in [0.1, 0.15) is 89.1 Å². The van der Waals surface area contributed by atoms with Crippen LogP contribution in [0.25, 0.3) is 44.4 Å². The van der Waals surface area contributed by atoms with Gasteiger partial charge in [0.2, 0.25) is 12.3 Å². The van der Waals surface area contributed by atoms with Crippen molar-refractivity contribution in [3.63, 3.8) is 0 Å². The van der Waals surface area contributed by atoms with Crippen LogP contribution in [-0.4, -0.2) is 95.0 Å². The number of fused-ring (bicyclic) bond motifs is 1. The summed E-state index contributed by atoms with van der Waals surface area (Å²) in [5.74, 6) is 1.30. The number of aromatic amines is 2. The van der Waals surface area contributed by atoms with Crippen molar-refractivity contribution in [1.82, 2.24) is 40.4 Å². The lowest BCUT2D eigenvalue weighted by atomic mass is 9.96. The standard InChI is InChI=1S/C47H50N8O5.C3H8.C2H6O.C2H2/c1-4-30-18-21-55(45(58)42(53-46(59)60-3)33-8-6-5-7-9-33)43(30)44-50-25-38(52-44)32-12-10-31(11-13-32)34-14-15-36-23-37(17-16-35(36)22-34)39-24-49-40(51-39)27-54(28-47(2)19-20-47)41(57)26-48-29-56;2*1-3-2;1-2/h5-17,22-25,29-30,42-43H,4,18-21,26-28H2,1-3H3,(H,48,56)(H,49,51)(H,50,52)(H,53,59);3H2,1-2H3;1-2H3;1-2H/t30-,42-,43?;;;/m1.../s1. The Morgan fingerprint density at radius 3 is 2.06 bits per heavy atom. The van der Waals surface area contributed by atoms with Gasteiger partial charge in [-0.25, -0.2) is 14.8 Å². The summed E-state index contributed by atoms with van der Waals surface area (Å²) in [5, 5.41) is 7.44. The number of hydrogen-bond acceptors (Lipinski definition) is 8. The lowest BCUT2D eigenvalue weighted by Crippen LogP contribution is -2.43. The lowest BCUT2D eigenvalue weighted by Gasteiger charge is -2.30. The van der Waals surface area contributed by atoms with E-state index in [1.807, 2.05) is 41.4 Å². The summed E-state index contributed by atoms with van der Waals surface area (Å²) >= 11 is 0. The van der Waals surface area contributed by atoms with Crippen molar-refractivity contribution in [3.8, 4) is 46.5 Å². The van der Waals surface area contributed by atoms with Crippen LogP contribution in [0.3, 0.4) is 0 Å². The van der Waals surface area contributed by atoms with E-state index in [9.17, 15) is 19.2 Å². The van der Waals surface area contributed by atoms with Gasteiger partial charge < -0.3 is 39.9 Å². The van der Waals surface area contributed by atoms with Crippen molar-refractivity contribution in [3.05, 3.63) is 121 Å². The maximum Gasteiger partial charge on any atom is 0.407 e. The summed E-state index contributed by atoms with van der Waals surface area (Å²) in [6.07, 6.45) is 16.6. The maximum absolute atomic E-state index is 14.2. The average molecular weight is 923 g/mol. The first kappa shape index (κ1) is 51.7. The molecule has 2 aromatic heterocycles. The zero-order chi connectivity index (χ0) is 49.2. The number of aromatic nitrogens is 4. The predicted molar refractivity (Wildman–Crippen MR) is 268 cm³/mol. The molecule has 0 spiro atoms. The molecule has 14 nitrogen and oxygen atoms in total. The highest BCUT2D eigenvalue weighted by molar-refractivity contribution is 5.91. The van der Waals surface area contributed by atoms with Crippen molar-refractivity contribution < 1.29 is 28.7 Å². The highest BCUT2D eigenvalue weighted by Gasteiger charge is 2.42. The quantitative estimate of drug-likeness (QED) is 0.0582. The Balaban J connectivity index is 0.00000101. The summed E-state index contributed by atoms with van der Waals surface area (Å²) in [6.45, 7) is 10.1. The number of nitrogens with one attached hydrogen (secondary N) is 4. The number of imidazole rings is 2. The van der Waals surface area contributed by atoms with Crippen molar-refractivity contribution >= 4 is 35.1 Å². The van der Waals surface area contributed by atoms with Crippen LogP contribution in [0, 0.1) is 24.2 Å². The number of H-pyrrole nitrogens is 2. The largest absolute Gasteiger partial charge is 0.453 e. The number of alkyl carbamates (subject to hydrolysis) is 1. The minimum atomic E-state index is -0.888. The number of carbonyl (C=O) groups excluding carboxylic acids is 4. The van der Waals surface area contributed by atoms with E-state index in [1.54, 1.807) is 25.3 Å². The number of nitrogens with zero attached hydrogens (tertiary/aromatic N) is 4. The van der Waals surface area contributed by atoms with Gasteiger partial charge in [-0.3, -0.25) is 14.4 Å². The molecule has 68 heavy (non-hydrogen) atoms. The molecule has 4 aromatic carbocycles. The van der Waals surface area contributed by atoms with Gasteiger partial charge in [0.1, 0.15) is 17.7 Å². The van der Waals surface area contributed by atoms with E-state index in [2.05, 4.69) is 132 Å². The Morgan fingerprint density at radius 1 is 0.853 bits per heavy atom. The van der Waals surface area contributed by atoms with Crippen LogP contribution in [0.2, 0.25) is 0 Å². The molecule has 0 bridgehead atoms. The van der Waals surface area contributed by atoms with Crippen molar-refractivity contribution in [2.75, 3.05) is 41.0 Å². The second kappa shape index (κ2) is 25.0. The number of amides is 4. The minimum Gasteiger partial charge on any atom is -0.453 e. The molecule has 14 heteroatoms. The number of methoxy groups -OCH3 is 2. The van der Waals surface area contributed by atoms with E-state index in [-0.39, 0.29) is 35.7 Å². The van der Waals surface area contributed by atoms with E-state index in [4.69, 9.17) is 9.72 Å². The molecular weight excluding hydrogens is 857 g/mol. The van der Waals surface area contributed by atoms with Gasteiger partial charge in [-0.2, -0.15) is 0 Å². The number of terminal acetylenes is 1. The van der Waals surface area contributed by atoms with Crippen molar-refractivity contribution in [2.45, 2.75) is 78.4 Å². The number of likely N-dealkylation sites (tertiary alicyclic amines) is 1. The molecule has 358 valence electrons. The SMILES string of the molecule is C#C.CCC.CC[C@@H]1CCN(C(=O)[C@H](NC(=O)OC)c2ccccc2)C1c1ncc(-c2ccc(-c3ccc4cc(-c5cnc(CN(CC6(C)CC6)C(=O)CNC=O)[nH]5)ccc4c3)cc2)[nH]1.COC. The lowest BCUT2D eigenvalue weighted by molar-refractivity contribution is -0.135. The first-order valence-electron chi connectivity index (χ1n) is 23.1. The summed E-state index contributed by atoms with van der Waals surface area (Å²) < 4.78 is 9.12. The first-order valence-corrected chi connectivity index (χ1v) is 23.1. The molecule has 3 atom stereocenters. The second-order valence-electron chi connectivity index (χ2n) is 17.4. The molecule has 4 N–H and O–H groups in total. The van der Waals surface area contributed by atoms with Gasteiger partial charge in [-0.05, 0) is 75.8 Å². The molecule has 1 saturated heterocycles. The third-order valence-electron chi connectivity index (χ3n) is 12.0. The Hall–Kier alpha value is -7.24. The molecule has 4 amide bonds. The summed E-state index contributed by atoms with van der Waals surface area (Å²) in [4.78, 5) is 70.1. The fraction of sp³-hybridized carbons (Fsp3) is 0.370. The zero-order valence-electron chi connectivity index (χ0n) is 40.4. The van der Waals surface area contributed by atoms with Gasteiger partial charge in [0, 0.05) is 32.9 Å². The monoisotopic (exact) mass is 923 g/mol. The zero-order valence-corrected chi connectivity index (χ0v) is 40.4. The second-order valence-corrected chi connectivity index (χ2v) is 17.4. The van der Waals surface area contributed by atoms with Gasteiger partial charge in [-0.15, -0.1) is 12.8 Å². The molecule has 2 fully saturated rings. The maximum atomic E-state index is 14.2. The van der Waals surface area contributed by atoms with Crippen LogP contribution >= 0.6 is 0 Å². The number of carbonyl (C=O) groups is 4. The fourth-order valence-electron chi connectivity index (χ4n) is 8.32. The molecule has 8 rings (SSSR count). The van der Waals surface area contributed by atoms with E-state index in [0.29, 0.717) is 37.4 Å². The van der Waals surface area contributed by atoms with Gasteiger partial charge in [-0.1, -0.05) is 119 Å². The third kappa shape index (κ3) is 13.2. The summed E-state index contributed by atoms with van der Waals surface area (Å²) in [5.41, 5.74) is 6.68. The summed E-state index contributed by atoms with van der Waals surface area (Å²) in [7, 11) is 4.54. The highest BCUT2D eigenvalue weighted by Crippen LogP contribution is 2.46. The first-order chi connectivity index (χ1) is 33.0. The Kier molecular flexibility index (Phi) is 19.1. The predicted octanol–water partition coefficient (Wildman–Crippen LogP) is 9.49. The molecule has 2 aliphatic rings. The summed E-state index contributed by atoms with van der Waals surface area (Å²) in [6, 6.07) is 29.2.